The second kappa shape index (κ2) is 7.70. The monoisotopic (exact) mass is 387 g/mol. The molecule has 2 rings (SSSR count). The van der Waals surface area contributed by atoms with E-state index in [1.165, 1.54) is 12.1 Å². The average Bonchev–Trinajstić information content (AvgIpc) is 2.54. The van der Waals surface area contributed by atoms with Gasteiger partial charge >= 0.3 is 12.1 Å². The van der Waals surface area contributed by atoms with Crippen molar-refractivity contribution in [2.24, 2.45) is 5.73 Å². The number of benzene rings is 1. The van der Waals surface area contributed by atoms with Gasteiger partial charge in [0.15, 0.2) is 0 Å². The van der Waals surface area contributed by atoms with Crippen LogP contribution in [-0.4, -0.2) is 21.0 Å². The van der Waals surface area contributed by atoms with Gasteiger partial charge in [0.2, 0.25) is 0 Å². The number of carbonyl (C=O) groups is 1. The Morgan fingerprint density at radius 1 is 1.35 bits per heavy atom. The predicted molar refractivity (Wildman–Crippen MR) is 85.6 cm³/mol. The Morgan fingerprint density at radius 2 is 2.04 bits per heavy atom. The molecule has 1 heterocycles. The molecule has 7 nitrogen and oxygen atoms in total. The number of nitrogens with zero attached hydrogens (tertiary/aromatic N) is 2. The van der Waals surface area contributed by atoms with Crippen LogP contribution in [0.3, 0.4) is 0 Å². The predicted octanol–water partition coefficient (Wildman–Crippen LogP) is 3.63. The van der Waals surface area contributed by atoms with E-state index in [-0.39, 0.29) is 16.3 Å². The van der Waals surface area contributed by atoms with Gasteiger partial charge in [-0.05, 0) is 23.8 Å². The molecule has 0 amide bonds. The first-order valence-electron chi connectivity index (χ1n) is 7.04. The molecule has 11 heteroatoms. The molecule has 26 heavy (non-hydrogen) atoms. The van der Waals surface area contributed by atoms with Crippen LogP contribution in [0.5, 0.6) is 0 Å². The maximum Gasteiger partial charge on any atom is 0.417 e. The second-order valence-corrected chi connectivity index (χ2v) is 6.23. The van der Waals surface area contributed by atoms with Crippen LogP contribution < -0.4 is 5.73 Å². The van der Waals surface area contributed by atoms with Gasteiger partial charge in [0.05, 0.1) is 16.9 Å². The Bertz CT molecular complexity index is 828. The molecule has 2 aromatic rings. The molecule has 0 saturated heterocycles. The summed E-state index contributed by atoms with van der Waals surface area (Å²) in [5.41, 5.74) is 4.84. The lowest BCUT2D eigenvalue weighted by molar-refractivity contribution is -0.385. The smallest absolute Gasteiger partial charge is 0.417 e. The molecule has 0 spiro atoms. The molecular weight excluding hydrogens is 375 g/mol. The normalized spacial score (nSPS) is 12.6. The summed E-state index contributed by atoms with van der Waals surface area (Å²) in [7, 11) is 0. The first-order valence-corrected chi connectivity index (χ1v) is 7.86. The third kappa shape index (κ3) is 4.92. The molecule has 1 unspecified atom stereocenters. The van der Waals surface area contributed by atoms with Crippen LogP contribution in [0, 0.1) is 10.1 Å². The van der Waals surface area contributed by atoms with Crippen molar-refractivity contribution in [1.29, 1.82) is 0 Å². The van der Waals surface area contributed by atoms with Gasteiger partial charge < -0.3 is 10.8 Å². The van der Waals surface area contributed by atoms with Crippen LogP contribution in [0.1, 0.15) is 23.6 Å². The number of nitrogens with two attached hydrogens (primary N) is 1. The minimum atomic E-state index is -4.52. The molecule has 0 aliphatic heterocycles. The van der Waals surface area contributed by atoms with E-state index in [4.69, 9.17) is 10.8 Å². The largest absolute Gasteiger partial charge is 0.481 e. The van der Waals surface area contributed by atoms with Gasteiger partial charge in [0.25, 0.3) is 5.69 Å². The number of carboxylic acid groups (broad SMARTS) is 1. The number of nitro benzene ring substituents is 1. The van der Waals surface area contributed by atoms with Crippen molar-refractivity contribution in [3.8, 4) is 0 Å². The standard InChI is InChI=1S/C15H12F3N3O4S/c16-15(17,18)8-1-4-13(20-7-8)26-12-3-2-9(21(24)25)5-10(12)11(19)6-14(22)23/h1-5,7,11H,6,19H2,(H,22,23). The van der Waals surface area contributed by atoms with E-state index in [2.05, 4.69) is 4.98 Å². The minimum absolute atomic E-state index is 0.202. The van der Waals surface area contributed by atoms with Gasteiger partial charge in [-0.15, -0.1) is 0 Å². The van der Waals surface area contributed by atoms with E-state index in [9.17, 15) is 28.1 Å². The van der Waals surface area contributed by atoms with Crippen LogP contribution in [0.2, 0.25) is 0 Å². The van der Waals surface area contributed by atoms with Crippen LogP contribution in [0.25, 0.3) is 0 Å². The number of alkyl halides is 3. The van der Waals surface area contributed by atoms with Gasteiger partial charge in [-0.3, -0.25) is 14.9 Å². The Labute approximate surface area is 149 Å². The van der Waals surface area contributed by atoms with E-state index < -0.39 is 35.1 Å². The number of hydrogen-bond acceptors (Lipinski definition) is 6. The third-order valence-corrected chi connectivity index (χ3v) is 4.32. The van der Waals surface area contributed by atoms with Crippen molar-refractivity contribution in [2.75, 3.05) is 0 Å². The summed E-state index contributed by atoms with van der Waals surface area (Å²) >= 11 is 0.935. The van der Waals surface area contributed by atoms with Crippen LogP contribution >= 0.6 is 11.8 Å². The summed E-state index contributed by atoms with van der Waals surface area (Å²) in [5.74, 6) is -1.19. The molecule has 0 fully saturated rings. The van der Waals surface area contributed by atoms with Crippen molar-refractivity contribution in [3.63, 3.8) is 0 Å². The molecule has 1 aromatic carbocycles. The van der Waals surface area contributed by atoms with E-state index in [1.807, 2.05) is 0 Å². The van der Waals surface area contributed by atoms with Crippen molar-refractivity contribution in [2.45, 2.75) is 28.6 Å². The van der Waals surface area contributed by atoms with Gasteiger partial charge in [-0.25, -0.2) is 4.98 Å². The first kappa shape index (κ1) is 19.7. The number of hydrogen-bond donors (Lipinski definition) is 2. The maximum absolute atomic E-state index is 12.6. The van der Waals surface area contributed by atoms with Gasteiger partial charge in [0.1, 0.15) is 5.03 Å². The van der Waals surface area contributed by atoms with Crippen LogP contribution in [0.4, 0.5) is 18.9 Å². The lowest BCUT2D eigenvalue weighted by atomic mass is 10.0. The molecule has 0 bridgehead atoms. The first-order chi connectivity index (χ1) is 12.1. The lowest BCUT2D eigenvalue weighted by Crippen LogP contribution is -2.16. The van der Waals surface area contributed by atoms with Gasteiger partial charge in [-0.1, -0.05) is 11.8 Å². The SMILES string of the molecule is NC(CC(=O)O)c1cc([N+](=O)[O-])ccc1Sc1ccc(C(F)(F)F)cn1. The number of halogens is 3. The number of pyridine rings is 1. The molecule has 0 radical (unpaired) electrons. The molecule has 138 valence electrons. The Hall–Kier alpha value is -2.66. The Kier molecular flexibility index (Phi) is 5.83. The van der Waals surface area contributed by atoms with Crippen molar-refractivity contribution in [3.05, 3.63) is 57.8 Å². The molecular formula is C15H12F3N3O4S. The molecule has 1 aromatic heterocycles. The van der Waals surface area contributed by atoms with Crippen LogP contribution in [0.15, 0.2) is 46.5 Å². The highest BCUT2D eigenvalue weighted by Gasteiger charge is 2.30. The highest BCUT2D eigenvalue weighted by atomic mass is 32.2. The quantitative estimate of drug-likeness (QED) is 0.574. The summed E-state index contributed by atoms with van der Waals surface area (Å²) in [4.78, 5) is 25.2. The van der Waals surface area contributed by atoms with E-state index in [0.717, 1.165) is 30.0 Å². The number of non-ortho nitro benzene ring substituents is 1. The third-order valence-electron chi connectivity index (χ3n) is 3.28. The van der Waals surface area contributed by atoms with Crippen LogP contribution in [-0.2, 0) is 11.0 Å². The molecule has 1 atom stereocenters. The van der Waals surface area contributed by atoms with Crippen molar-refractivity contribution >= 4 is 23.4 Å². The lowest BCUT2D eigenvalue weighted by Gasteiger charge is -2.14. The van der Waals surface area contributed by atoms with Gasteiger partial charge in [0, 0.05) is 29.3 Å². The fraction of sp³-hybridized carbons (Fsp3) is 0.200. The van der Waals surface area contributed by atoms with E-state index in [0.29, 0.717) is 11.1 Å². The zero-order chi connectivity index (χ0) is 19.5. The molecule has 3 N–H and O–H groups in total. The minimum Gasteiger partial charge on any atom is -0.481 e. The zero-order valence-electron chi connectivity index (χ0n) is 12.9. The Balaban J connectivity index is 2.35. The summed E-state index contributed by atoms with van der Waals surface area (Å²) in [5, 5.41) is 20.0. The average molecular weight is 387 g/mol. The number of nitro groups is 1. The Morgan fingerprint density at radius 3 is 2.54 bits per heavy atom. The number of carboxylic acids is 1. The molecule has 0 aliphatic carbocycles. The van der Waals surface area contributed by atoms with Crippen molar-refractivity contribution in [1.82, 2.24) is 4.98 Å². The summed E-state index contributed by atoms with van der Waals surface area (Å²) in [6, 6.07) is 4.70. The van der Waals surface area contributed by atoms with Gasteiger partial charge in [-0.2, -0.15) is 13.2 Å². The second-order valence-electron chi connectivity index (χ2n) is 5.17. The fourth-order valence-corrected chi connectivity index (χ4v) is 2.98. The summed E-state index contributed by atoms with van der Waals surface area (Å²) in [6.45, 7) is 0. The maximum atomic E-state index is 12.6. The van der Waals surface area contributed by atoms with Crippen molar-refractivity contribution < 1.29 is 28.0 Å². The van der Waals surface area contributed by atoms with E-state index >= 15 is 0 Å². The summed E-state index contributed by atoms with van der Waals surface area (Å²) in [6.07, 6.45) is -4.31. The fourth-order valence-electron chi connectivity index (χ4n) is 2.05. The molecule has 0 aliphatic rings. The highest BCUT2D eigenvalue weighted by Crippen LogP contribution is 2.36. The topological polar surface area (TPSA) is 119 Å². The number of aromatic nitrogens is 1. The zero-order valence-corrected chi connectivity index (χ0v) is 13.8. The molecule has 0 saturated carbocycles. The number of rotatable bonds is 6. The summed E-state index contributed by atoms with van der Waals surface area (Å²) < 4.78 is 37.7. The highest BCUT2D eigenvalue weighted by molar-refractivity contribution is 7.99. The number of aliphatic carboxylic acids is 1. The van der Waals surface area contributed by atoms with E-state index in [1.54, 1.807) is 0 Å².